The Hall–Kier alpha value is -0.0800. The molecule has 3 unspecified atom stereocenters. The summed E-state index contributed by atoms with van der Waals surface area (Å²) in [6, 6.07) is 0. The van der Waals surface area contributed by atoms with Crippen LogP contribution in [0, 0.1) is 11.8 Å². The van der Waals surface area contributed by atoms with Gasteiger partial charge >= 0.3 is 0 Å². The van der Waals surface area contributed by atoms with E-state index in [4.69, 9.17) is 5.11 Å². The van der Waals surface area contributed by atoms with Crippen LogP contribution in [-0.2, 0) is 0 Å². The fourth-order valence-electron chi connectivity index (χ4n) is 1.71. The average molecular weight is 202 g/mol. The number of aliphatic hydroxyl groups is 2. The van der Waals surface area contributed by atoms with E-state index in [2.05, 4.69) is 20.8 Å². The Bertz CT molecular complexity index is 125. The zero-order valence-electron chi connectivity index (χ0n) is 9.87. The monoisotopic (exact) mass is 202 g/mol. The van der Waals surface area contributed by atoms with Crippen molar-refractivity contribution in [2.24, 2.45) is 11.8 Å². The molecule has 0 fully saturated rings. The second-order valence-corrected chi connectivity index (χ2v) is 4.33. The Morgan fingerprint density at radius 3 is 2.21 bits per heavy atom. The Kier molecular flexibility index (Phi) is 8.20. The van der Waals surface area contributed by atoms with Crippen LogP contribution in [0.25, 0.3) is 0 Å². The van der Waals surface area contributed by atoms with E-state index >= 15 is 0 Å². The van der Waals surface area contributed by atoms with Gasteiger partial charge in [-0.25, -0.2) is 0 Å². The summed E-state index contributed by atoms with van der Waals surface area (Å²) in [5.74, 6) is 0.976. The molecule has 2 N–H and O–H groups in total. The van der Waals surface area contributed by atoms with Crippen molar-refractivity contribution in [3.05, 3.63) is 0 Å². The second kappa shape index (κ2) is 8.25. The van der Waals surface area contributed by atoms with E-state index < -0.39 is 0 Å². The highest BCUT2D eigenvalue weighted by Gasteiger charge is 2.17. The largest absolute Gasteiger partial charge is 0.396 e. The van der Waals surface area contributed by atoms with Gasteiger partial charge < -0.3 is 10.2 Å². The first-order valence-corrected chi connectivity index (χ1v) is 5.94. The third-order valence-electron chi connectivity index (χ3n) is 3.22. The summed E-state index contributed by atoms with van der Waals surface area (Å²) in [6.07, 6.45) is 4.78. The maximum absolute atomic E-state index is 9.86. The average Bonchev–Trinajstić information content (AvgIpc) is 2.22. The molecule has 0 heterocycles. The van der Waals surface area contributed by atoms with Gasteiger partial charge in [-0.15, -0.1) is 0 Å². The maximum Gasteiger partial charge on any atom is 0.0568 e. The first-order chi connectivity index (χ1) is 6.65. The maximum atomic E-state index is 9.86. The Morgan fingerprint density at radius 1 is 1.14 bits per heavy atom. The summed E-state index contributed by atoms with van der Waals surface area (Å²) in [6.45, 7) is 6.65. The van der Waals surface area contributed by atoms with E-state index in [9.17, 15) is 5.11 Å². The number of aliphatic hydroxyl groups excluding tert-OH is 2. The van der Waals surface area contributed by atoms with Crippen LogP contribution in [0.5, 0.6) is 0 Å². The minimum atomic E-state index is -0.163. The Labute approximate surface area is 88.3 Å². The molecule has 0 aliphatic heterocycles. The highest BCUT2D eigenvalue weighted by molar-refractivity contribution is 4.68. The highest BCUT2D eigenvalue weighted by Crippen LogP contribution is 2.21. The molecule has 86 valence electrons. The number of rotatable bonds is 8. The van der Waals surface area contributed by atoms with Crippen molar-refractivity contribution in [2.45, 2.75) is 59.0 Å². The zero-order valence-corrected chi connectivity index (χ0v) is 9.87. The third-order valence-corrected chi connectivity index (χ3v) is 3.22. The van der Waals surface area contributed by atoms with E-state index in [-0.39, 0.29) is 12.7 Å². The van der Waals surface area contributed by atoms with Gasteiger partial charge in [-0.05, 0) is 31.1 Å². The molecule has 0 saturated carbocycles. The molecule has 0 amide bonds. The van der Waals surface area contributed by atoms with Gasteiger partial charge in [-0.1, -0.05) is 33.6 Å². The quantitative estimate of drug-likeness (QED) is 0.635. The standard InChI is InChI=1S/C12H26O2/c1-4-10(3)12(14)9-11(5-2)7-6-8-13/h10-14H,4-9H2,1-3H3. The predicted octanol–water partition coefficient (Wildman–Crippen LogP) is 2.58. The summed E-state index contributed by atoms with van der Waals surface area (Å²) in [5.41, 5.74) is 0. The van der Waals surface area contributed by atoms with Gasteiger partial charge in [-0.3, -0.25) is 0 Å². The summed E-state index contributed by atoms with van der Waals surface area (Å²) >= 11 is 0. The molecule has 0 radical (unpaired) electrons. The van der Waals surface area contributed by atoms with Crippen LogP contribution in [0.4, 0.5) is 0 Å². The molecule has 3 atom stereocenters. The Morgan fingerprint density at radius 2 is 1.79 bits per heavy atom. The van der Waals surface area contributed by atoms with Crippen LogP contribution >= 0.6 is 0 Å². The van der Waals surface area contributed by atoms with Crippen molar-refractivity contribution in [1.82, 2.24) is 0 Å². The first kappa shape index (κ1) is 13.9. The Balaban J connectivity index is 3.79. The summed E-state index contributed by atoms with van der Waals surface area (Å²) < 4.78 is 0. The summed E-state index contributed by atoms with van der Waals surface area (Å²) in [5, 5.41) is 18.6. The van der Waals surface area contributed by atoms with Crippen molar-refractivity contribution >= 4 is 0 Å². The van der Waals surface area contributed by atoms with Gasteiger partial charge in [0, 0.05) is 6.61 Å². The van der Waals surface area contributed by atoms with Crippen LogP contribution in [0.15, 0.2) is 0 Å². The van der Waals surface area contributed by atoms with Crippen molar-refractivity contribution in [3.8, 4) is 0 Å². The minimum Gasteiger partial charge on any atom is -0.396 e. The van der Waals surface area contributed by atoms with Crippen molar-refractivity contribution in [3.63, 3.8) is 0 Å². The van der Waals surface area contributed by atoms with Gasteiger partial charge in [0.15, 0.2) is 0 Å². The normalized spacial score (nSPS) is 17.8. The smallest absolute Gasteiger partial charge is 0.0568 e. The predicted molar refractivity (Wildman–Crippen MR) is 60.2 cm³/mol. The lowest BCUT2D eigenvalue weighted by molar-refractivity contribution is 0.0834. The van der Waals surface area contributed by atoms with Crippen molar-refractivity contribution in [1.29, 1.82) is 0 Å². The molecular formula is C12H26O2. The van der Waals surface area contributed by atoms with Crippen LogP contribution in [0.1, 0.15) is 52.9 Å². The molecule has 0 rings (SSSR count). The van der Waals surface area contributed by atoms with Crippen LogP contribution in [0.2, 0.25) is 0 Å². The highest BCUT2D eigenvalue weighted by atomic mass is 16.3. The van der Waals surface area contributed by atoms with Crippen LogP contribution < -0.4 is 0 Å². The lowest BCUT2D eigenvalue weighted by Gasteiger charge is -2.22. The van der Waals surface area contributed by atoms with Crippen LogP contribution in [-0.4, -0.2) is 22.9 Å². The number of hydrogen-bond donors (Lipinski definition) is 2. The van der Waals surface area contributed by atoms with Crippen molar-refractivity contribution in [2.75, 3.05) is 6.61 Å². The van der Waals surface area contributed by atoms with Crippen LogP contribution in [0.3, 0.4) is 0 Å². The molecule has 0 saturated heterocycles. The topological polar surface area (TPSA) is 40.5 Å². The minimum absolute atomic E-state index is 0.163. The molecule has 0 spiro atoms. The molecule has 2 heteroatoms. The summed E-state index contributed by atoms with van der Waals surface area (Å²) in [4.78, 5) is 0. The fraction of sp³-hybridized carbons (Fsp3) is 1.00. The first-order valence-electron chi connectivity index (χ1n) is 5.94. The van der Waals surface area contributed by atoms with Gasteiger partial charge in [0.05, 0.1) is 6.10 Å². The molecule has 0 aliphatic rings. The van der Waals surface area contributed by atoms with E-state index in [1.54, 1.807) is 0 Å². The molecule has 14 heavy (non-hydrogen) atoms. The summed E-state index contributed by atoms with van der Waals surface area (Å²) in [7, 11) is 0. The lowest BCUT2D eigenvalue weighted by atomic mass is 9.88. The lowest BCUT2D eigenvalue weighted by Crippen LogP contribution is -2.21. The fourth-order valence-corrected chi connectivity index (χ4v) is 1.71. The molecule has 0 aliphatic carbocycles. The molecule has 0 aromatic heterocycles. The third kappa shape index (κ3) is 5.61. The molecular weight excluding hydrogens is 176 g/mol. The number of hydrogen-bond acceptors (Lipinski definition) is 2. The van der Waals surface area contributed by atoms with E-state index in [0.29, 0.717) is 11.8 Å². The molecule has 0 bridgehead atoms. The van der Waals surface area contributed by atoms with Gasteiger partial charge in [-0.2, -0.15) is 0 Å². The van der Waals surface area contributed by atoms with Gasteiger partial charge in [0.2, 0.25) is 0 Å². The zero-order chi connectivity index (χ0) is 11.0. The van der Waals surface area contributed by atoms with E-state index in [1.165, 1.54) is 0 Å². The van der Waals surface area contributed by atoms with Gasteiger partial charge in [0.1, 0.15) is 0 Å². The van der Waals surface area contributed by atoms with E-state index in [0.717, 1.165) is 32.1 Å². The molecule has 0 aromatic rings. The SMILES string of the molecule is CCC(CCCO)CC(O)C(C)CC. The second-order valence-electron chi connectivity index (χ2n) is 4.33. The molecule has 2 nitrogen and oxygen atoms in total. The molecule has 0 aromatic carbocycles. The van der Waals surface area contributed by atoms with Crippen molar-refractivity contribution < 1.29 is 10.2 Å². The van der Waals surface area contributed by atoms with E-state index in [1.807, 2.05) is 0 Å². The van der Waals surface area contributed by atoms with Gasteiger partial charge in [0.25, 0.3) is 0 Å².